The van der Waals surface area contributed by atoms with E-state index in [1.165, 1.54) is 17.7 Å². The molecule has 2 heterocycles. The zero-order valence-electron chi connectivity index (χ0n) is 15.9. The van der Waals surface area contributed by atoms with Gasteiger partial charge in [-0.05, 0) is 38.2 Å². The van der Waals surface area contributed by atoms with E-state index in [0.29, 0.717) is 12.4 Å². The summed E-state index contributed by atoms with van der Waals surface area (Å²) in [6.45, 7) is 7.16. The number of hydrogen-bond donors (Lipinski definition) is 2. The van der Waals surface area contributed by atoms with Crippen molar-refractivity contribution in [3.8, 4) is 5.88 Å². The second-order valence-corrected chi connectivity index (χ2v) is 7.81. The summed E-state index contributed by atoms with van der Waals surface area (Å²) < 4.78 is 5.67. The van der Waals surface area contributed by atoms with E-state index in [4.69, 9.17) is 4.74 Å². The molecule has 8 heteroatoms. The van der Waals surface area contributed by atoms with Crippen molar-refractivity contribution in [1.29, 1.82) is 0 Å². The number of nitrogens with zero attached hydrogens (tertiary/aromatic N) is 3. The minimum Gasteiger partial charge on any atom is -0.477 e. The summed E-state index contributed by atoms with van der Waals surface area (Å²) in [5.41, 5.74) is 1.07. The van der Waals surface area contributed by atoms with Crippen LogP contribution in [0, 0.1) is 12.8 Å². The van der Waals surface area contributed by atoms with Crippen molar-refractivity contribution in [1.82, 2.24) is 20.6 Å². The van der Waals surface area contributed by atoms with Gasteiger partial charge in [0.1, 0.15) is 0 Å². The predicted octanol–water partition coefficient (Wildman–Crippen LogP) is 3.55. The molecule has 0 atom stereocenters. The molecule has 0 amide bonds. The maximum atomic E-state index is 5.67. The molecular formula is C19H28IN5OS. The lowest BCUT2D eigenvalue weighted by molar-refractivity contribution is 0.288. The first-order valence-corrected chi connectivity index (χ1v) is 10.1. The van der Waals surface area contributed by atoms with Crippen molar-refractivity contribution in [3.63, 3.8) is 0 Å². The monoisotopic (exact) mass is 501 g/mol. The normalized spacial score (nSPS) is 13.8. The molecule has 1 aliphatic rings. The number of guanidine groups is 1. The summed E-state index contributed by atoms with van der Waals surface area (Å²) in [5, 5.41) is 7.78. The summed E-state index contributed by atoms with van der Waals surface area (Å²) in [6, 6.07) is 3.96. The van der Waals surface area contributed by atoms with Crippen LogP contribution in [-0.4, -0.2) is 35.6 Å². The third kappa shape index (κ3) is 8.00. The maximum absolute atomic E-state index is 5.67. The molecule has 148 valence electrons. The average Bonchev–Trinajstić information content (AvgIpc) is 3.39. The van der Waals surface area contributed by atoms with Crippen molar-refractivity contribution >= 4 is 41.3 Å². The predicted molar refractivity (Wildman–Crippen MR) is 121 cm³/mol. The van der Waals surface area contributed by atoms with Gasteiger partial charge in [-0.25, -0.2) is 15.0 Å². The van der Waals surface area contributed by atoms with Gasteiger partial charge in [0.25, 0.3) is 0 Å². The molecule has 1 aliphatic carbocycles. The number of thiazole rings is 1. The zero-order valence-corrected chi connectivity index (χ0v) is 19.0. The fraction of sp³-hybridized carbons (Fsp3) is 0.526. The Bertz CT molecular complexity index is 715. The zero-order chi connectivity index (χ0) is 18.2. The van der Waals surface area contributed by atoms with Gasteiger partial charge in [-0.3, -0.25) is 0 Å². The number of rotatable bonds is 9. The molecule has 0 bridgehead atoms. The fourth-order valence-corrected chi connectivity index (χ4v) is 3.18. The summed E-state index contributed by atoms with van der Waals surface area (Å²) in [6.07, 6.45) is 7.24. The molecule has 3 rings (SSSR count). The van der Waals surface area contributed by atoms with E-state index in [2.05, 4.69) is 39.4 Å². The Morgan fingerprint density at radius 3 is 2.74 bits per heavy atom. The van der Waals surface area contributed by atoms with Crippen LogP contribution in [0.25, 0.3) is 0 Å². The van der Waals surface area contributed by atoms with Crippen molar-refractivity contribution in [3.05, 3.63) is 40.0 Å². The molecule has 1 saturated carbocycles. The molecule has 0 saturated heterocycles. The molecule has 2 N–H and O–H groups in total. The third-order valence-electron chi connectivity index (χ3n) is 4.03. The molecule has 0 radical (unpaired) electrons. The van der Waals surface area contributed by atoms with Crippen LogP contribution < -0.4 is 15.4 Å². The Kier molecular flexibility index (Phi) is 9.26. The first kappa shape index (κ1) is 21.9. The number of ether oxygens (including phenoxy) is 1. The Hall–Kier alpha value is -1.42. The van der Waals surface area contributed by atoms with Crippen molar-refractivity contribution < 1.29 is 4.74 Å². The van der Waals surface area contributed by atoms with Gasteiger partial charge < -0.3 is 15.4 Å². The van der Waals surface area contributed by atoms with Gasteiger partial charge in [-0.1, -0.05) is 6.07 Å². The second-order valence-electron chi connectivity index (χ2n) is 6.50. The fourth-order valence-electron chi connectivity index (χ4n) is 2.39. The van der Waals surface area contributed by atoms with Gasteiger partial charge in [-0.2, -0.15) is 0 Å². The van der Waals surface area contributed by atoms with E-state index in [0.717, 1.165) is 48.6 Å². The number of aromatic nitrogens is 2. The molecule has 0 unspecified atom stereocenters. The van der Waals surface area contributed by atoms with Crippen molar-refractivity contribution in [2.75, 3.05) is 19.7 Å². The quantitative estimate of drug-likeness (QED) is 0.313. The van der Waals surface area contributed by atoms with Crippen LogP contribution in [0.3, 0.4) is 0 Å². The third-order valence-corrected chi connectivity index (χ3v) is 5.00. The van der Waals surface area contributed by atoms with Gasteiger partial charge in [-0.15, -0.1) is 35.3 Å². The van der Waals surface area contributed by atoms with E-state index in [1.54, 1.807) is 11.3 Å². The van der Waals surface area contributed by atoms with Gasteiger partial charge in [0.2, 0.25) is 5.88 Å². The van der Waals surface area contributed by atoms with Crippen LogP contribution in [0.15, 0.2) is 29.5 Å². The van der Waals surface area contributed by atoms with Crippen LogP contribution >= 0.6 is 35.3 Å². The largest absolute Gasteiger partial charge is 0.477 e. The number of hydrogen-bond acceptors (Lipinski definition) is 5. The van der Waals surface area contributed by atoms with Gasteiger partial charge in [0.05, 0.1) is 18.2 Å². The molecule has 0 aliphatic heterocycles. The highest BCUT2D eigenvalue weighted by Gasteiger charge is 2.21. The topological polar surface area (TPSA) is 71.4 Å². The number of aryl methyl sites for hydroxylation is 1. The lowest BCUT2D eigenvalue weighted by Crippen LogP contribution is -2.38. The standard InChI is InChI=1S/C19H27N5OS.HI/c1-3-20-19(21-9-8-18-23-10-14(2)26-18)24-12-16-6-7-17(22-11-16)25-13-15-4-5-15;/h6-7,10-11,15H,3-5,8-9,12-13H2,1-2H3,(H2,20,21,24);1H. The average molecular weight is 501 g/mol. The van der Waals surface area contributed by atoms with Gasteiger partial charge >= 0.3 is 0 Å². The lowest BCUT2D eigenvalue weighted by Gasteiger charge is -2.10. The SMILES string of the molecule is CCNC(=NCc1ccc(OCC2CC2)nc1)NCCc1ncc(C)s1.I. The highest BCUT2D eigenvalue weighted by molar-refractivity contribution is 14.0. The molecule has 0 spiro atoms. The molecule has 2 aromatic rings. The Morgan fingerprint density at radius 2 is 2.11 bits per heavy atom. The highest BCUT2D eigenvalue weighted by Crippen LogP contribution is 2.29. The number of nitrogens with one attached hydrogen (secondary N) is 2. The molecule has 27 heavy (non-hydrogen) atoms. The Labute approximate surface area is 182 Å². The van der Waals surface area contributed by atoms with E-state index in [9.17, 15) is 0 Å². The van der Waals surface area contributed by atoms with Crippen LogP contribution in [0.4, 0.5) is 0 Å². The van der Waals surface area contributed by atoms with Crippen molar-refractivity contribution in [2.45, 2.75) is 39.7 Å². The molecule has 2 aromatic heterocycles. The van der Waals surface area contributed by atoms with E-state index >= 15 is 0 Å². The van der Waals surface area contributed by atoms with Crippen molar-refractivity contribution in [2.24, 2.45) is 10.9 Å². The Morgan fingerprint density at radius 1 is 1.26 bits per heavy atom. The van der Waals surface area contributed by atoms with Crippen LogP contribution in [0.2, 0.25) is 0 Å². The number of aliphatic imine (C=N–C) groups is 1. The summed E-state index contributed by atoms with van der Waals surface area (Å²) in [4.78, 5) is 14.6. The van der Waals surface area contributed by atoms with E-state index < -0.39 is 0 Å². The highest BCUT2D eigenvalue weighted by atomic mass is 127. The second kappa shape index (κ2) is 11.4. The Balaban J connectivity index is 0.00000261. The summed E-state index contributed by atoms with van der Waals surface area (Å²) >= 11 is 1.74. The lowest BCUT2D eigenvalue weighted by atomic mass is 10.3. The first-order valence-electron chi connectivity index (χ1n) is 9.24. The van der Waals surface area contributed by atoms with E-state index in [-0.39, 0.29) is 24.0 Å². The van der Waals surface area contributed by atoms with Gasteiger partial charge in [0, 0.05) is 42.8 Å². The van der Waals surface area contributed by atoms with Crippen LogP contribution in [-0.2, 0) is 13.0 Å². The maximum Gasteiger partial charge on any atom is 0.213 e. The van der Waals surface area contributed by atoms with Crippen LogP contribution in [0.1, 0.15) is 35.2 Å². The minimum atomic E-state index is 0. The first-order chi connectivity index (χ1) is 12.7. The molecule has 0 aromatic carbocycles. The molecular weight excluding hydrogens is 473 g/mol. The smallest absolute Gasteiger partial charge is 0.213 e. The van der Waals surface area contributed by atoms with Crippen LogP contribution in [0.5, 0.6) is 5.88 Å². The number of pyridine rings is 1. The summed E-state index contributed by atoms with van der Waals surface area (Å²) in [5.74, 6) is 2.26. The summed E-state index contributed by atoms with van der Waals surface area (Å²) in [7, 11) is 0. The molecule has 6 nitrogen and oxygen atoms in total. The minimum absolute atomic E-state index is 0. The van der Waals surface area contributed by atoms with Gasteiger partial charge in [0.15, 0.2) is 5.96 Å². The van der Waals surface area contributed by atoms with E-state index in [1.807, 2.05) is 24.5 Å². The molecule has 1 fully saturated rings. The number of halogens is 1.